The minimum Gasteiger partial charge on any atom is -0.369 e. The van der Waals surface area contributed by atoms with Crippen molar-refractivity contribution in [3.63, 3.8) is 0 Å². The predicted molar refractivity (Wildman–Crippen MR) is 73.3 cm³/mol. The van der Waals surface area contributed by atoms with Gasteiger partial charge in [-0.1, -0.05) is 23.2 Å². The highest BCUT2D eigenvalue weighted by atomic mass is 35.5. The van der Waals surface area contributed by atoms with Crippen LogP contribution in [0.25, 0.3) is 0 Å². The van der Waals surface area contributed by atoms with E-state index >= 15 is 0 Å². The fourth-order valence-electron chi connectivity index (χ4n) is 2.30. The Hall–Kier alpha value is -1.20. The van der Waals surface area contributed by atoms with Gasteiger partial charge in [-0.15, -0.1) is 0 Å². The molecule has 2 N–H and O–H groups in total. The van der Waals surface area contributed by atoms with Crippen molar-refractivity contribution in [2.24, 2.45) is 18.7 Å². The summed E-state index contributed by atoms with van der Waals surface area (Å²) in [5, 5.41) is 0.671. The average Bonchev–Trinajstić information content (AvgIpc) is 2.66. The Balaban J connectivity index is 2.19. The summed E-state index contributed by atoms with van der Waals surface area (Å²) in [6, 6.07) is 1.54. The molecule has 2 amide bonds. The second-order valence-corrected chi connectivity index (χ2v) is 5.49. The van der Waals surface area contributed by atoms with Crippen molar-refractivity contribution >= 4 is 35.0 Å². The minimum absolute atomic E-state index is 0.178. The molecule has 1 aliphatic rings. The van der Waals surface area contributed by atoms with Gasteiger partial charge >= 0.3 is 0 Å². The third-order valence-electron chi connectivity index (χ3n) is 3.45. The van der Waals surface area contributed by atoms with Crippen LogP contribution in [-0.2, 0) is 11.8 Å². The van der Waals surface area contributed by atoms with Crippen LogP contribution in [0.3, 0.4) is 0 Å². The van der Waals surface area contributed by atoms with Gasteiger partial charge in [0.1, 0.15) is 10.8 Å². The van der Waals surface area contributed by atoms with Gasteiger partial charge in [0.15, 0.2) is 0 Å². The standard InChI is InChI=1S/C12H15Cl2N3O2/c1-16-9(5-8(13)10(16)14)12(19)17-4-2-3-7(6-17)11(15)18/h5,7H,2-4,6H2,1H3,(H2,15,18). The van der Waals surface area contributed by atoms with Crippen molar-refractivity contribution in [3.8, 4) is 0 Å². The monoisotopic (exact) mass is 303 g/mol. The smallest absolute Gasteiger partial charge is 0.270 e. The Morgan fingerprint density at radius 2 is 2.11 bits per heavy atom. The number of piperidine rings is 1. The van der Waals surface area contributed by atoms with Crippen LogP contribution in [0.4, 0.5) is 0 Å². The highest BCUT2D eigenvalue weighted by Gasteiger charge is 2.29. The Labute approximate surface area is 121 Å². The third-order valence-corrected chi connectivity index (χ3v) is 4.29. The predicted octanol–water partition coefficient (Wildman–Crippen LogP) is 1.67. The van der Waals surface area contributed by atoms with Gasteiger partial charge < -0.3 is 15.2 Å². The molecular weight excluding hydrogens is 289 g/mol. The minimum atomic E-state index is -0.361. The fourth-order valence-corrected chi connectivity index (χ4v) is 2.68. The summed E-state index contributed by atoms with van der Waals surface area (Å²) in [4.78, 5) is 25.2. The van der Waals surface area contributed by atoms with Crippen LogP contribution >= 0.6 is 23.2 Å². The molecule has 2 heterocycles. The summed E-state index contributed by atoms with van der Waals surface area (Å²) in [5.41, 5.74) is 5.72. The highest BCUT2D eigenvalue weighted by molar-refractivity contribution is 6.41. The molecule has 0 saturated carbocycles. The molecule has 0 radical (unpaired) electrons. The van der Waals surface area contributed by atoms with Crippen molar-refractivity contribution in [2.75, 3.05) is 13.1 Å². The largest absolute Gasteiger partial charge is 0.369 e. The van der Waals surface area contributed by atoms with Crippen molar-refractivity contribution in [3.05, 3.63) is 21.9 Å². The van der Waals surface area contributed by atoms with E-state index < -0.39 is 0 Å². The molecule has 104 valence electrons. The third kappa shape index (κ3) is 2.72. The maximum atomic E-state index is 12.4. The second-order valence-electron chi connectivity index (χ2n) is 4.72. The number of carbonyl (C=O) groups excluding carboxylic acids is 2. The number of likely N-dealkylation sites (tertiary alicyclic amines) is 1. The van der Waals surface area contributed by atoms with Crippen LogP contribution in [0.5, 0.6) is 0 Å². The molecule has 2 rings (SSSR count). The molecule has 19 heavy (non-hydrogen) atoms. The molecule has 1 aromatic heterocycles. The molecule has 0 spiro atoms. The van der Waals surface area contributed by atoms with Crippen LogP contribution in [0.15, 0.2) is 6.07 Å². The number of nitrogens with zero attached hydrogens (tertiary/aromatic N) is 2. The lowest BCUT2D eigenvalue weighted by molar-refractivity contribution is -0.123. The SMILES string of the molecule is Cn1c(C(=O)N2CCCC(C(N)=O)C2)cc(Cl)c1Cl. The quantitative estimate of drug-likeness (QED) is 0.903. The lowest BCUT2D eigenvalue weighted by Gasteiger charge is -2.31. The number of carbonyl (C=O) groups is 2. The van der Waals surface area contributed by atoms with Crippen LogP contribution < -0.4 is 5.73 Å². The Morgan fingerprint density at radius 3 is 2.63 bits per heavy atom. The molecule has 5 nitrogen and oxygen atoms in total. The number of hydrogen-bond acceptors (Lipinski definition) is 2. The van der Waals surface area contributed by atoms with Gasteiger partial charge in [0.25, 0.3) is 5.91 Å². The van der Waals surface area contributed by atoms with Gasteiger partial charge in [0, 0.05) is 20.1 Å². The van der Waals surface area contributed by atoms with E-state index in [4.69, 9.17) is 28.9 Å². The van der Waals surface area contributed by atoms with Crippen molar-refractivity contribution in [1.82, 2.24) is 9.47 Å². The number of rotatable bonds is 2. The average molecular weight is 304 g/mol. The molecule has 0 aromatic carbocycles. The first-order chi connectivity index (χ1) is 8.91. The van der Waals surface area contributed by atoms with Crippen molar-refractivity contribution in [1.29, 1.82) is 0 Å². The Bertz CT molecular complexity index is 527. The first kappa shape index (κ1) is 14.2. The van der Waals surface area contributed by atoms with Crippen LogP contribution in [0.2, 0.25) is 10.2 Å². The maximum absolute atomic E-state index is 12.4. The van der Waals surface area contributed by atoms with E-state index in [1.807, 2.05) is 0 Å². The molecule has 0 bridgehead atoms. The highest BCUT2D eigenvalue weighted by Crippen LogP contribution is 2.27. The van der Waals surface area contributed by atoms with Gasteiger partial charge in [-0.25, -0.2) is 0 Å². The zero-order valence-corrected chi connectivity index (χ0v) is 12.0. The summed E-state index contributed by atoms with van der Waals surface area (Å²) in [6.07, 6.45) is 1.50. The van der Waals surface area contributed by atoms with Crippen LogP contribution in [-0.4, -0.2) is 34.4 Å². The number of primary amides is 1. The van der Waals surface area contributed by atoms with E-state index in [9.17, 15) is 9.59 Å². The molecule has 1 aromatic rings. The maximum Gasteiger partial charge on any atom is 0.270 e. The van der Waals surface area contributed by atoms with E-state index in [1.54, 1.807) is 22.6 Å². The van der Waals surface area contributed by atoms with E-state index in [0.29, 0.717) is 29.0 Å². The number of hydrogen-bond donors (Lipinski definition) is 1. The van der Waals surface area contributed by atoms with Gasteiger partial charge in [-0.2, -0.15) is 0 Å². The lowest BCUT2D eigenvalue weighted by atomic mass is 9.97. The summed E-state index contributed by atoms with van der Waals surface area (Å²) < 4.78 is 1.54. The molecule has 1 unspecified atom stereocenters. The van der Waals surface area contributed by atoms with Gasteiger partial charge in [-0.05, 0) is 18.9 Å². The Kier molecular flexibility index (Phi) is 4.06. The lowest BCUT2D eigenvalue weighted by Crippen LogP contribution is -2.44. The van der Waals surface area contributed by atoms with Crippen molar-refractivity contribution < 1.29 is 9.59 Å². The number of amides is 2. The molecule has 1 aliphatic heterocycles. The number of halogens is 2. The zero-order chi connectivity index (χ0) is 14.2. The summed E-state index contributed by atoms with van der Waals surface area (Å²) in [5.74, 6) is -0.813. The summed E-state index contributed by atoms with van der Waals surface area (Å²) in [6.45, 7) is 0.970. The van der Waals surface area contributed by atoms with Gasteiger partial charge in [0.2, 0.25) is 5.91 Å². The Morgan fingerprint density at radius 1 is 1.42 bits per heavy atom. The molecule has 1 saturated heterocycles. The normalized spacial score (nSPS) is 19.5. The van der Waals surface area contributed by atoms with Gasteiger partial charge in [0.05, 0.1) is 10.9 Å². The molecule has 0 aliphatic carbocycles. The van der Waals surface area contributed by atoms with Crippen LogP contribution in [0, 0.1) is 5.92 Å². The fraction of sp³-hybridized carbons (Fsp3) is 0.500. The van der Waals surface area contributed by atoms with E-state index in [2.05, 4.69) is 0 Å². The summed E-state index contributed by atoms with van der Waals surface area (Å²) >= 11 is 11.8. The van der Waals surface area contributed by atoms with E-state index in [0.717, 1.165) is 12.8 Å². The topological polar surface area (TPSA) is 68.3 Å². The molecule has 1 atom stereocenters. The molecule has 7 heteroatoms. The zero-order valence-electron chi connectivity index (χ0n) is 10.5. The van der Waals surface area contributed by atoms with Crippen LogP contribution in [0.1, 0.15) is 23.3 Å². The number of nitrogens with two attached hydrogens (primary N) is 1. The first-order valence-corrected chi connectivity index (χ1v) is 6.76. The second kappa shape index (κ2) is 5.43. The summed E-state index contributed by atoms with van der Waals surface area (Å²) in [7, 11) is 1.68. The van der Waals surface area contributed by atoms with E-state index in [-0.39, 0.29) is 17.7 Å². The van der Waals surface area contributed by atoms with Crippen molar-refractivity contribution in [2.45, 2.75) is 12.8 Å². The molecular formula is C12H15Cl2N3O2. The molecule has 1 fully saturated rings. The number of aromatic nitrogens is 1. The van der Waals surface area contributed by atoms with Gasteiger partial charge in [-0.3, -0.25) is 9.59 Å². The van der Waals surface area contributed by atoms with E-state index in [1.165, 1.54) is 0 Å². The first-order valence-electron chi connectivity index (χ1n) is 6.01.